The van der Waals surface area contributed by atoms with E-state index in [0.29, 0.717) is 6.54 Å². The first-order chi connectivity index (χ1) is 9.56. The number of nitrogen functional groups attached to an aromatic ring is 1. The van der Waals surface area contributed by atoms with E-state index < -0.39 is 0 Å². The van der Waals surface area contributed by atoms with Crippen molar-refractivity contribution in [3.63, 3.8) is 0 Å². The minimum atomic E-state index is 0.631. The van der Waals surface area contributed by atoms with E-state index in [1.165, 1.54) is 0 Å². The fourth-order valence-electron chi connectivity index (χ4n) is 2.32. The van der Waals surface area contributed by atoms with Gasteiger partial charge < -0.3 is 5.73 Å². The van der Waals surface area contributed by atoms with Gasteiger partial charge in [0.05, 0.1) is 23.1 Å². The summed E-state index contributed by atoms with van der Waals surface area (Å²) < 4.78 is 2.71. The van der Waals surface area contributed by atoms with Crippen molar-refractivity contribution in [2.45, 2.75) is 20.4 Å². The van der Waals surface area contributed by atoms with Crippen LogP contribution in [0.1, 0.15) is 17.0 Å². The lowest BCUT2D eigenvalue weighted by Crippen LogP contribution is -2.04. The number of pyridine rings is 1. The van der Waals surface area contributed by atoms with Crippen LogP contribution in [0.3, 0.4) is 0 Å². The molecule has 0 bridgehead atoms. The Hall–Kier alpha value is -1.88. The molecule has 0 saturated heterocycles. The number of rotatable bonds is 2. The Morgan fingerprint density at radius 3 is 2.75 bits per heavy atom. The summed E-state index contributed by atoms with van der Waals surface area (Å²) in [5.74, 6) is 0. The first-order valence-electron chi connectivity index (χ1n) is 6.40. The van der Waals surface area contributed by atoms with E-state index in [1.807, 2.05) is 42.8 Å². The zero-order chi connectivity index (χ0) is 14.3. The Balaban J connectivity index is 2.11. The van der Waals surface area contributed by atoms with E-state index in [9.17, 15) is 0 Å². The molecule has 3 aromatic rings. The molecule has 0 aliphatic carbocycles. The Kier molecular flexibility index (Phi) is 3.22. The fraction of sp³-hybridized carbons (Fsp3) is 0.200. The zero-order valence-corrected chi connectivity index (χ0v) is 13.0. The summed E-state index contributed by atoms with van der Waals surface area (Å²) in [7, 11) is 0. The first kappa shape index (κ1) is 13.1. The van der Waals surface area contributed by atoms with Gasteiger partial charge in [-0.1, -0.05) is 12.1 Å². The van der Waals surface area contributed by atoms with Crippen LogP contribution in [-0.2, 0) is 6.54 Å². The summed E-state index contributed by atoms with van der Waals surface area (Å²) in [4.78, 5) is 4.52. The summed E-state index contributed by atoms with van der Waals surface area (Å²) >= 11 is 3.50. The SMILES string of the molecule is Cc1cccc(Cn2nc(Br)c3c(N)c(C)ccc32)n1. The Morgan fingerprint density at radius 1 is 1.20 bits per heavy atom. The lowest BCUT2D eigenvalue weighted by atomic mass is 10.1. The maximum atomic E-state index is 6.15. The molecule has 0 radical (unpaired) electrons. The normalized spacial score (nSPS) is 11.2. The Morgan fingerprint density at radius 2 is 2.00 bits per heavy atom. The molecule has 4 nitrogen and oxygen atoms in total. The highest BCUT2D eigenvalue weighted by Crippen LogP contribution is 2.31. The van der Waals surface area contributed by atoms with Gasteiger partial charge in [-0.15, -0.1) is 0 Å². The number of fused-ring (bicyclic) bond motifs is 1. The number of aromatic nitrogens is 3. The van der Waals surface area contributed by atoms with Crippen molar-refractivity contribution in [2.24, 2.45) is 0 Å². The maximum absolute atomic E-state index is 6.15. The van der Waals surface area contributed by atoms with Gasteiger partial charge in [0.2, 0.25) is 0 Å². The van der Waals surface area contributed by atoms with Gasteiger partial charge in [0.1, 0.15) is 4.60 Å². The van der Waals surface area contributed by atoms with Crippen molar-refractivity contribution in [1.29, 1.82) is 0 Å². The Labute approximate surface area is 125 Å². The van der Waals surface area contributed by atoms with Gasteiger partial charge in [-0.3, -0.25) is 9.67 Å². The molecular weight excluding hydrogens is 316 g/mol. The summed E-state index contributed by atoms with van der Waals surface area (Å²) in [5, 5.41) is 5.50. The van der Waals surface area contributed by atoms with Crippen molar-refractivity contribution in [3.8, 4) is 0 Å². The molecule has 0 aliphatic heterocycles. The van der Waals surface area contributed by atoms with Crippen LogP contribution in [0.5, 0.6) is 0 Å². The molecule has 2 heterocycles. The van der Waals surface area contributed by atoms with E-state index >= 15 is 0 Å². The second-order valence-electron chi connectivity index (χ2n) is 4.91. The molecule has 3 rings (SSSR count). The molecule has 2 aromatic heterocycles. The molecule has 0 amide bonds. The van der Waals surface area contributed by atoms with Gasteiger partial charge >= 0.3 is 0 Å². The summed E-state index contributed by atoms with van der Waals surface area (Å²) in [6, 6.07) is 10.1. The number of nitrogens with two attached hydrogens (primary N) is 1. The number of aryl methyl sites for hydroxylation is 2. The highest BCUT2D eigenvalue weighted by atomic mass is 79.9. The molecule has 20 heavy (non-hydrogen) atoms. The van der Waals surface area contributed by atoms with Gasteiger partial charge in [-0.05, 0) is 53.5 Å². The molecule has 5 heteroatoms. The van der Waals surface area contributed by atoms with Crippen molar-refractivity contribution in [3.05, 3.63) is 51.9 Å². The van der Waals surface area contributed by atoms with E-state index in [-0.39, 0.29) is 0 Å². The molecule has 1 aromatic carbocycles. The second kappa shape index (κ2) is 4.90. The number of benzene rings is 1. The number of hydrogen-bond acceptors (Lipinski definition) is 3. The largest absolute Gasteiger partial charge is 0.398 e. The molecule has 0 aliphatic rings. The van der Waals surface area contributed by atoms with Gasteiger partial charge in [0.25, 0.3) is 0 Å². The van der Waals surface area contributed by atoms with Crippen LogP contribution in [0, 0.1) is 13.8 Å². The van der Waals surface area contributed by atoms with Gasteiger partial charge in [0.15, 0.2) is 0 Å². The minimum Gasteiger partial charge on any atom is -0.398 e. The van der Waals surface area contributed by atoms with Crippen molar-refractivity contribution < 1.29 is 0 Å². The molecule has 0 spiro atoms. The molecular formula is C15H15BrN4. The predicted octanol–water partition coefficient (Wildman–Crippen LogP) is 3.44. The van der Waals surface area contributed by atoms with Crippen molar-refractivity contribution >= 4 is 32.5 Å². The highest BCUT2D eigenvalue weighted by Gasteiger charge is 2.13. The number of hydrogen-bond donors (Lipinski definition) is 1. The van der Waals surface area contributed by atoms with Gasteiger partial charge in [-0.2, -0.15) is 5.10 Å². The van der Waals surface area contributed by atoms with Crippen LogP contribution in [0.4, 0.5) is 5.69 Å². The maximum Gasteiger partial charge on any atom is 0.138 e. The quantitative estimate of drug-likeness (QED) is 0.732. The van der Waals surface area contributed by atoms with E-state index in [0.717, 1.165) is 38.1 Å². The van der Waals surface area contributed by atoms with Crippen LogP contribution >= 0.6 is 15.9 Å². The summed E-state index contributed by atoms with van der Waals surface area (Å²) in [5.41, 5.74) is 11.0. The van der Waals surface area contributed by atoms with Crippen LogP contribution in [0.2, 0.25) is 0 Å². The molecule has 0 fully saturated rings. The molecule has 0 saturated carbocycles. The highest BCUT2D eigenvalue weighted by molar-refractivity contribution is 9.10. The number of anilines is 1. The summed E-state index contributed by atoms with van der Waals surface area (Å²) in [6.07, 6.45) is 0. The lowest BCUT2D eigenvalue weighted by Gasteiger charge is -2.05. The van der Waals surface area contributed by atoms with E-state index in [2.05, 4.69) is 32.1 Å². The van der Waals surface area contributed by atoms with Gasteiger partial charge in [-0.25, -0.2) is 0 Å². The zero-order valence-electron chi connectivity index (χ0n) is 11.4. The van der Waals surface area contributed by atoms with Crippen molar-refractivity contribution in [2.75, 3.05) is 5.73 Å². The predicted molar refractivity (Wildman–Crippen MR) is 84.7 cm³/mol. The monoisotopic (exact) mass is 330 g/mol. The minimum absolute atomic E-state index is 0.631. The topological polar surface area (TPSA) is 56.7 Å². The third kappa shape index (κ3) is 2.18. The lowest BCUT2D eigenvalue weighted by molar-refractivity contribution is 0.689. The van der Waals surface area contributed by atoms with E-state index in [1.54, 1.807) is 0 Å². The van der Waals surface area contributed by atoms with Crippen LogP contribution in [0.25, 0.3) is 10.9 Å². The smallest absolute Gasteiger partial charge is 0.138 e. The second-order valence-corrected chi connectivity index (χ2v) is 5.66. The summed E-state index contributed by atoms with van der Waals surface area (Å²) in [6.45, 7) is 4.62. The van der Waals surface area contributed by atoms with Crippen LogP contribution in [-0.4, -0.2) is 14.8 Å². The van der Waals surface area contributed by atoms with Gasteiger partial charge in [0, 0.05) is 11.4 Å². The third-order valence-corrected chi connectivity index (χ3v) is 3.95. The van der Waals surface area contributed by atoms with Crippen LogP contribution < -0.4 is 5.73 Å². The molecule has 102 valence electrons. The fourth-order valence-corrected chi connectivity index (χ4v) is 2.92. The number of nitrogens with zero attached hydrogens (tertiary/aromatic N) is 3. The van der Waals surface area contributed by atoms with Crippen LogP contribution in [0.15, 0.2) is 34.9 Å². The Bertz CT molecular complexity index is 792. The molecule has 0 unspecified atom stereocenters. The molecule has 2 N–H and O–H groups in total. The third-order valence-electron chi connectivity index (χ3n) is 3.39. The number of halogens is 1. The van der Waals surface area contributed by atoms with E-state index in [4.69, 9.17) is 5.73 Å². The average molecular weight is 331 g/mol. The average Bonchev–Trinajstić information content (AvgIpc) is 2.71. The molecule has 0 atom stereocenters. The standard InChI is InChI=1S/C15H15BrN4/c1-9-6-7-12-13(14(9)17)15(16)19-20(12)8-11-5-3-4-10(2)18-11/h3-7H,8,17H2,1-2H3. The van der Waals surface area contributed by atoms with Crippen molar-refractivity contribution in [1.82, 2.24) is 14.8 Å². The first-order valence-corrected chi connectivity index (χ1v) is 7.19.